The molecular formula is C20H20ClN5O4. The van der Waals surface area contributed by atoms with Crippen LogP contribution in [0.2, 0.25) is 5.02 Å². The van der Waals surface area contributed by atoms with Gasteiger partial charge in [0, 0.05) is 18.7 Å². The minimum absolute atomic E-state index is 0.207. The number of imidazole rings is 1. The Morgan fingerprint density at radius 2 is 2.23 bits per heavy atom. The number of hydrogen-bond acceptors (Lipinski definition) is 7. The van der Waals surface area contributed by atoms with Gasteiger partial charge in [-0.15, -0.1) is 0 Å². The minimum Gasteiger partial charge on any atom is -0.383 e. The van der Waals surface area contributed by atoms with E-state index in [1.54, 1.807) is 34.5 Å². The topological polar surface area (TPSA) is 96.7 Å². The monoisotopic (exact) mass is 429 g/mol. The lowest BCUT2D eigenvalue weighted by atomic mass is 10.2. The summed E-state index contributed by atoms with van der Waals surface area (Å²) in [5.41, 5.74) is 1.99. The summed E-state index contributed by atoms with van der Waals surface area (Å²) in [6.45, 7) is 2.96. The summed E-state index contributed by atoms with van der Waals surface area (Å²) >= 11 is 6.23. The lowest BCUT2D eigenvalue weighted by Crippen LogP contribution is -2.28. The van der Waals surface area contributed by atoms with E-state index in [0.29, 0.717) is 40.9 Å². The number of hydrogen-bond donors (Lipinski definition) is 0. The Hall–Kier alpha value is -2.75. The Morgan fingerprint density at radius 3 is 3.00 bits per heavy atom. The third-order valence-electron chi connectivity index (χ3n) is 5.35. The van der Waals surface area contributed by atoms with Crippen LogP contribution in [0.4, 0.5) is 0 Å². The van der Waals surface area contributed by atoms with E-state index in [9.17, 15) is 4.79 Å². The molecule has 1 aliphatic heterocycles. The molecule has 3 aromatic heterocycles. The van der Waals surface area contributed by atoms with Crippen LogP contribution in [-0.2, 0) is 9.47 Å². The van der Waals surface area contributed by atoms with Crippen LogP contribution in [0.3, 0.4) is 0 Å². The van der Waals surface area contributed by atoms with E-state index in [1.807, 2.05) is 13.0 Å². The quantitative estimate of drug-likeness (QED) is 0.479. The molecule has 10 heteroatoms. The van der Waals surface area contributed by atoms with Crippen LogP contribution in [0.5, 0.6) is 0 Å². The van der Waals surface area contributed by atoms with Gasteiger partial charge in [-0.1, -0.05) is 16.8 Å². The molecule has 0 amide bonds. The number of rotatable bonds is 5. The van der Waals surface area contributed by atoms with Gasteiger partial charge < -0.3 is 14.0 Å². The van der Waals surface area contributed by atoms with E-state index >= 15 is 0 Å². The highest BCUT2D eigenvalue weighted by atomic mass is 35.5. The van der Waals surface area contributed by atoms with E-state index in [4.69, 9.17) is 25.6 Å². The van der Waals surface area contributed by atoms with E-state index in [0.717, 1.165) is 18.4 Å². The molecule has 4 heterocycles. The van der Waals surface area contributed by atoms with Crippen molar-refractivity contribution in [3.8, 4) is 11.5 Å². The first-order valence-corrected chi connectivity index (χ1v) is 10.1. The van der Waals surface area contributed by atoms with Crippen LogP contribution in [0, 0.1) is 0 Å². The summed E-state index contributed by atoms with van der Waals surface area (Å²) in [4.78, 5) is 22.5. The molecular weight excluding hydrogens is 410 g/mol. The molecule has 4 aromatic rings. The molecule has 1 aliphatic rings. The summed E-state index contributed by atoms with van der Waals surface area (Å²) in [7, 11) is 1.60. The fraction of sp³-hybridized carbons (Fsp3) is 0.400. The van der Waals surface area contributed by atoms with Gasteiger partial charge in [-0.3, -0.25) is 13.8 Å². The van der Waals surface area contributed by atoms with Crippen LogP contribution < -0.4 is 5.56 Å². The highest BCUT2D eigenvalue weighted by molar-refractivity contribution is 6.31. The second kappa shape index (κ2) is 7.50. The molecule has 9 nitrogen and oxygen atoms in total. The third-order valence-corrected chi connectivity index (χ3v) is 5.59. The van der Waals surface area contributed by atoms with Crippen molar-refractivity contribution in [3.63, 3.8) is 0 Å². The Balaban J connectivity index is 1.75. The first-order chi connectivity index (χ1) is 14.6. The van der Waals surface area contributed by atoms with Crippen LogP contribution in [0.15, 0.2) is 33.8 Å². The molecule has 0 aliphatic carbocycles. The molecule has 156 valence electrons. The van der Waals surface area contributed by atoms with Gasteiger partial charge in [0.15, 0.2) is 0 Å². The summed E-state index contributed by atoms with van der Waals surface area (Å²) < 4.78 is 19.7. The highest BCUT2D eigenvalue weighted by Gasteiger charge is 2.27. The molecule has 0 saturated carbocycles. The molecule has 1 fully saturated rings. The molecule has 0 bridgehead atoms. The van der Waals surface area contributed by atoms with Gasteiger partial charge in [-0.2, -0.15) is 4.98 Å². The van der Waals surface area contributed by atoms with E-state index < -0.39 is 0 Å². The van der Waals surface area contributed by atoms with Crippen molar-refractivity contribution in [3.05, 3.63) is 45.8 Å². The summed E-state index contributed by atoms with van der Waals surface area (Å²) in [6.07, 6.45) is 3.17. The van der Waals surface area contributed by atoms with Crippen molar-refractivity contribution in [2.75, 3.05) is 20.3 Å². The molecule has 30 heavy (non-hydrogen) atoms. The van der Waals surface area contributed by atoms with Crippen molar-refractivity contribution in [1.82, 2.24) is 24.1 Å². The third kappa shape index (κ3) is 3.01. The molecule has 0 N–H and O–H groups in total. The molecule has 1 saturated heterocycles. The molecule has 5 rings (SSSR count). The first kappa shape index (κ1) is 19.2. The predicted molar refractivity (Wildman–Crippen MR) is 110 cm³/mol. The second-order valence-corrected chi connectivity index (χ2v) is 7.82. The van der Waals surface area contributed by atoms with Crippen LogP contribution >= 0.6 is 11.6 Å². The van der Waals surface area contributed by atoms with Gasteiger partial charge in [0.25, 0.3) is 11.4 Å². The van der Waals surface area contributed by atoms with Crippen molar-refractivity contribution in [2.24, 2.45) is 0 Å². The second-order valence-electron chi connectivity index (χ2n) is 7.38. The zero-order chi connectivity index (χ0) is 20.8. The number of ether oxygens (including phenoxy) is 2. The van der Waals surface area contributed by atoms with Gasteiger partial charge in [0.1, 0.15) is 23.6 Å². The molecule has 2 unspecified atom stereocenters. The minimum atomic E-state index is -0.231. The zero-order valence-corrected chi connectivity index (χ0v) is 17.3. The van der Waals surface area contributed by atoms with Crippen molar-refractivity contribution < 1.29 is 14.0 Å². The standard InChI is InChI=1S/C20H20ClN5O4/c1-11(9-28-2)26-14-8-12(21)5-6-13(14)25-10-22-16(17(25)20(26)27)18-23-19(30-24-18)15-4-3-7-29-15/h5-6,8,10-11,15H,3-4,7,9H2,1-2H3. The average Bonchev–Trinajstić information content (AvgIpc) is 3.47. The number of benzene rings is 1. The van der Waals surface area contributed by atoms with Gasteiger partial charge in [0.05, 0.1) is 23.7 Å². The van der Waals surface area contributed by atoms with Crippen LogP contribution in [-0.4, -0.2) is 44.4 Å². The number of halogens is 1. The smallest absolute Gasteiger partial charge is 0.278 e. The molecule has 0 spiro atoms. The van der Waals surface area contributed by atoms with Crippen LogP contribution in [0.1, 0.15) is 37.8 Å². The normalized spacial score (nSPS) is 17.9. The lowest BCUT2D eigenvalue weighted by Gasteiger charge is -2.18. The van der Waals surface area contributed by atoms with Gasteiger partial charge in [-0.05, 0) is 38.0 Å². The number of fused-ring (bicyclic) bond motifs is 3. The Labute approximate surface area is 176 Å². The molecule has 0 radical (unpaired) electrons. The Kier molecular flexibility index (Phi) is 4.80. The maximum atomic E-state index is 13.6. The Bertz CT molecular complexity index is 1290. The van der Waals surface area contributed by atoms with Gasteiger partial charge in [-0.25, -0.2) is 4.98 Å². The van der Waals surface area contributed by atoms with Crippen molar-refractivity contribution in [2.45, 2.75) is 31.9 Å². The number of methoxy groups -OCH3 is 1. The van der Waals surface area contributed by atoms with Gasteiger partial charge in [0.2, 0.25) is 5.82 Å². The van der Waals surface area contributed by atoms with Crippen molar-refractivity contribution in [1.29, 1.82) is 0 Å². The van der Waals surface area contributed by atoms with Crippen LogP contribution in [0.25, 0.3) is 28.1 Å². The highest BCUT2D eigenvalue weighted by Crippen LogP contribution is 2.30. The number of nitrogens with zero attached hydrogens (tertiary/aromatic N) is 5. The summed E-state index contributed by atoms with van der Waals surface area (Å²) in [6, 6.07) is 5.19. The maximum Gasteiger partial charge on any atom is 0.278 e. The molecule has 1 aromatic carbocycles. The summed E-state index contributed by atoms with van der Waals surface area (Å²) in [5, 5.41) is 4.60. The predicted octanol–water partition coefficient (Wildman–Crippen LogP) is 3.41. The maximum absolute atomic E-state index is 13.6. The van der Waals surface area contributed by atoms with E-state index in [-0.39, 0.29) is 23.5 Å². The lowest BCUT2D eigenvalue weighted by molar-refractivity contribution is 0.0835. The largest absolute Gasteiger partial charge is 0.383 e. The van der Waals surface area contributed by atoms with E-state index in [1.165, 1.54) is 0 Å². The van der Waals surface area contributed by atoms with Crippen molar-refractivity contribution >= 4 is 28.2 Å². The fourth-order valence-corrected chi connectivity index (χ4v) is 4.17. The van der Waals surface area contributed by atoms with Gasteiger partial charge >= 0.3 is 0 Å². The average molecular weight is 430 g/mol. The number of aromatic nitrogens is 5. The SMILES string of the molecule is COCC(C)n1c(=O)c2c(-c3noc(C4CCCO4)n3)ncn2c2ccc(Cl)cc21. The Morgan fingerprint density at radius 1 is 1.37 bits per heavy atom. The van der Waals surface area contributed by atoms with E-state index in [2.05, 4.69) is 15.1 Å². The molecule has 2 atom stereocenters. The zero-order valence-electron chi connectivity index (χ0n) is 16.5. The first-order valence-electron chi connectivity index (χ1n) is 9.74. The fourth-order valence-electron chi connectivity index (χ4n) is 4.00. The summed E-state index contributed by atoms with van der Waals surface area (Å²) in [5.74, 6) is 0.670.